The first-order valence-electron chi connectivity index (χ1n) is 9.73. The van der Waals surface area contributed by atoms with E-state index in [1.807, 2.05) is 67.6 Å². The molecule has 3 N–H and O–H groups in total. The van der Waals surface area contributed by atoms with Crippen LogP contribution in [0.25, 0.3) is 17.2 Å². The Morgan fingerprint density at radius 3 is 2.10 bits per heavy atom. The van der Waals surface area contributed by atoms with Gasteiger partial charge in [-0.15, -0.1) is 0 Å². The van der Waals surface area contributed by atoms with Crippen LogP contribution in [-0.2, 0) is 21.1 Å². The molecule has 0 spiro atoms. The number of aryl methyl sites for hydroxylation is 1. The molecular formula is C23H29NO5S. The minimum atomic E-state index is -3.70. The second kappa shape index (κ2) is 10.0. The minimum Gasteiger partial charge on any atom is -0.396 e. The van der Waals surface area contributed by atoms with Crippen LogP contribution in [0.3, 0.4) is 0 Å². The Kier molecular flexibility index (Phi) is 7.95. The Morgan fingerprint density at radius 1 is 1.10 bits per heavy atom. The minimum absolute atomic E-state index is 0.0604. The quantitative estimate of drug-likeness (QED) is 0.418. The topological polar surface area (TPSA) is 104 Å². The van der Waals surface area contributed by atoms with Gasteiger partial charge in [0.2, 0.25) is 0 Å². The molecule has 2 rings (SSSR count). The lowest BCUT2D eigenvalue weighted by molar-refractivity contribution is -0.131. The highest BCUT2D eigenvalue weighted by atomic mass is 32.2. The maximum atomic E-state index is 12.1. The van der Waals surface area contributed by atoms with Crippen molar-refractivity contribution in [2.24, 2.45) is 5.92 Å². The average molecular weight is 432 g/mol. The maximum Gasteiger partial charge on any atom is 0.264 e. The summed E-state index contributed by atoms with van der Waals surface area (Å²) in [5.41, 5.74) is 5.50. The summed E-state index contributed by atoms with van der Waals surface area (Å²) >= 11 is 0. The van der Waals surface area contributed by atoms with Crippen LogP contribution in [0.15, 0.2) is 54.6 Å². The van der Waals surface area contributed by atoms with Gasteiger partial charge in [-0.3, -0.25) is 10.0 Å². The lowest BCUT2D eigenvalue weighted by Crippen LogP contribution is -2.49. The molecule has 0 fully saturated rings. The Balaban J connectivity index is 2.09. The van der Waals surface area contributed by atoms with Crippen LogP contribution in [0.1, 0.15) is 31.4 Å². The summed E-state index contributed by atoms with van der Waals surface area (Å²) in [5.74, 6) is -0.811. The van der Waals surface area contributed by atoms with Crippen LogP contribution in [0.5, 0.6) is 0 Å². The van der Waals surface area contributed by atoms with Crippen LogP contribution >= 0.6 is 0 Å². The Hall–Kier alpha value is -2.48. The van der Waals surface area contributed by atoms with Crippen LogP contribution in [0.4, 0.5) is 0 Å². The number of nitrogens with one attached hydrogen (secondary N) is 1. The van der Waals surface area contributed by atoms with E-state index in [-0.39, 0.29) is 18.9 Å². The van der Waals surface area contributed by atoms with E-state index in [2.05, 4.69) is 0 Å². The number of rotatable bonds is 9. The second-order valence-electron chi connectivity index (χ2n) is 7.78. The average Bonchev–Trinajstić information content (AvgIpc) is 2.75. The van der Waals surface area contributed by atoms with Crippen molar-refractivity contribution in [2.75, 3.05) is 12.9 Å². The van der Waals surface area contributed by atoms with Gasteiger partial charge in [0, 0.05) is 12.9 Å². The van der Waals surface area contributed by atoms with E-state index in [4.69, 9.17) is 10.3 Å². The number of carbonyl (C=O) groups excluding carboxylic acids is 1. The molecule has 0 aliphatic carbocycles. The molecule has 2 atom stereocenters. The molecule has 0 saturated carbocycles. The zero-order valence-corrected chi connectivity index (χ0v) is 18.3. The first-order chi connectivity index (χ1) is 14.1. The third-order valence-electron chi connectivity index (χ3n) is 5.39. The van der Waals surface area contributed by atoms with Crippen molar-refractivity contribution in [1.29, 1.82) is 0 Å². The molecule has 0 aliphatic heterocycles. The fraction of sp³-hybridized carbons (Fsp3) is 0.348. The molecule has 7 heteroatoms. The van der Waals surface area contributed by atoms with Gasteiger partial charge < -0.3 is 5.11 Å². The SMILES string of the molecule is CC(C=Cc1ccc(-c2ccc(CCC(C)(C(=O)NO)S(C)(=O)=O)cc2)cc1)CO. The number of hydrogen-bond acceptors (Lipinski definition) is 5. The number of aliphatic hydroxyl groups is 1. The summed E-state index contributed by atoms with van der Waals surface area (Å²) in [5, 5.41) is 18.0. The number of sulfone groups is 1. The number of hydrogen-bond donors (Lipinski definition) is 3. The molecule has 30 heavy (non-hydrogen) atoms. The summed E-state index contributed by atoms with van der Waals surface area (Å²) in [6, 6.07) is 15.8. The molecule has 2 aromatic rings. The van der Waals surface area contributed by atoms with Crippen LogP contribution in [0.2, 0.25) is 0 Å². The molecule has 0 radical (unpaired) electrons. The van der Waals surface area contributed by atoms with Gasteiger partial charge >= 0.3 is 0 Å². The Labute approximate surface area is 178 Å². The molecule has 2 unspecified atom stereocenters. The molecule has 6 nitrogen and oxygen atoms in total. The fourth-order valence-corrected chi connectivity index (χ4v) is 3.81. The van der Waals surface area contributed by atoms with Gasteiger partial charge in [-0.2, -0.15) is 0 Å². The molecule has 0 saturated heterocycles. The third-order valence-corrected chi connectivity index (χ3v) is 7.42. The molecule has 1 amide bonds. The van der Waals surface area contributed by atoms with E-state index >= 15 is 0 Å². The van der Waals surface area contributed by atoms with Gasteiger partial charge in [0.25, 0.3) is 5.91 Å². The van der Waals surface area contributed by atoms with Crippen LogP contribution < -0.4 is 5.48 Å². The summed E-state index contributed by atoms with van der Waals surface area (Å²) in [6.07, 6.45) is 5.38. The number of amides is 1. The van der Waals surface area contributed by atoms with Crippen molar-refractivity contribution >= 4 is 21.8 Å². The summed E-state index contributed by atoms with van der Waals surface area (Å²) in [4.78, 5) is 11.9. The number of carbonyl (C=O) groups is 1. The zero-order chi connectivity index (χ0) is 22.4. The van der Waals surface area contributed by atoms with Gasteiger partial charge in [-0.1, -0.05) is 67.6 Å². The Morgan fingerprint density at radius 2 is 1.63 bits per heavy atom. The van der Waals surface area contributed by atoms with Crippen molar-refractivity contribution in [3.05, 3.63) is 65.7 Å². The first-order valence-corrected chi connectivity index (χ1v) is 11.6. The highest BCUT2D eigenvalue weighted by Crippen LogP contribution is 2.25. The van der Waals surface area contributed by atoms with Crippen molar-refractivity contribution in [1.82, 2.24) is 5.48 Å². The molecular weight excluding hydrogens is 402 g/mol. The monoisotopic (exact) mass is 431 g/mol. The van der Waals surface area contributed by atoms with E-state index < -0.39 is 20.5 Å². The smallest absolute Gasteiger partial charge is 0.264 e. The van der Waals surface area contributed by atoms with Crippen molar-refractivity contribution < 1.29 is 23.5 Å². The first kappa shape index (κ1) is 23.8. The lowest BCUT2D eigenvalue weighted by Gasteiger charge is -2.25. The van der Waals surface area contributed by atoms with Crippen molar-refractivity contribution in [3.8, 4) is 11.1 Å². The van der Waals surface area contributed by atoms with Crippen molar-refractivity contribution in [3.63, 3.8) is 0 Å². The molecule has 162 valence electrons. The highest BCUT2D eigenvalue weighted by molar-refractivity contribution is 7.92. The predicted octanol–water partition coefficient (Wildman–Crippen LogP) is 3.24. The summed E-state index contributed by atoms with van der Waals surface area (Å²) < 4.78 is 22.4. The summed E-state index contributed by atoms with van der Waals surface area (Å²) in [7, 11) is -3.70. The third kappa shape index (κ3) is 5.78. The van der Waals surface area contributed by atoms with E-state index in [9.17, 15) is 13.2 Å². The zero-order valence-electron chi connectivity index (χ0n) is 17.5. The van der Waals surface area contributed by atoms with Gasteiger partial charge in [-0.05, 0) is 47.9 Å². The fourth-order valence-electron chi connectivity index (χ4n) is 2.96. The van der Waals surface area contributed by atoms with Crippen LogP contribution in [0, 0.1) is 5.92 Å². The maximum absolute atomic E-state index is 12.1. The van der Waals surface area contributed by atoms with E-state index in [0.717, 1.165) is 28.5 Å². The Bertz CT molecular complexity index is 981. The van der Waals surface area contributed by atoms with E-state index in [0.29, 0.717) is 6.42 Å². The van der Waals surface area contributed by atoms with Gasteiger partial charge in [0.05, 0.1) is 0 Å². The number of hydroxylamine groups is 1. The van der Waals surface area contributed by atoms with Gasteiger partial charge in [-0.25, -0.2) is 13.9 Å². The van der Waals surface area contributed by atoms with Gasteiger partial charge in [0.1, 0.15) is 4.75 Å². The standard InChI is InChI=1S/C23H29NO5S/c1-17(16-25)4-5-18-6-10-20(11-7-18)21-12-8-19(9-13-21)14-15-23(2,22(26)24-27)30(3,28)29/h4-13,17,25,27H,14-16H2,1-3H3,(H,24,26). The normalized spacial score (nSPS) is 15.0. The highest BCUT2D eigenvalue weighted by Gasteiger charge is 2.43. The largest absolute Gasteiger partial charge is 0.396 e. The molecule has 0 bridgehead atoms. The molecule has 0 aromatic heterocycles. The van der Waals surface area contributed by atoms with E-state index in [1.54, 1.807) is 0 Å². The predicted molar refractivity (Wildman–Crippen MR) is 119 cm³/mol. The molecule has 0 aliphatic rings. The van der Waals surface area contributed by atoms with E-state index in [1.165, 1.54) is 12.4 Å². The van der Waals surface area contributed by atoms with Gasteiger partial charge in [0.15, 0.2) is 9.84 Å². The summed E-state index contributed by atoms with van der Waals surface area (Å²) in [6.45, 7) is 3.38. The second-order valence-corrected chi connectivity index (χ2v) is 10.2. The molecule has 2 aromatic carbocycles. The number of benzene rings is 2. The van der Waals surface area contributed by atoms with Crippen LogP contribution in [-0.4, -0.2) is 42.2 Å². The lowest BCUT2D eigenvalue weighted by atomic mass is 9.97. The van der Waals surface area contributed by atoms with Crippen molar-refractivity contribution in [2.45, 2.75) is 31.4 Å². The number of aliphatic hydroxyl groups excluding tert-OH is 1. The molecule has 0 heterocycles.